The molecule has 1 aromatic rings. The van der Waals surface area contributed by atoms with Crippen LogP contribution in [0.4, 0.5) is 0 Å². The number of rotatable bonds is 6. The van der Waals surface area contributed by atoms with Gasteiger partial charge in [-0.3, -0.25) is 4.79 Å². The lowest BCUT2D eigenvalue weighted by Gasteiger charge is -2.11. The van der Waals surface area contributed by atoms with Gasteiger partial charge < -0.3 is 10.4 Å². The molecule has 0 unspecified atom stereocenters. The minimum absolute atomic E-state index is 0.0799. The van der Waals surface area contributed by atoms with Crippen LogP contribution in [0.15, 0.2) is 24.3 Å². The summed E-state index contributed by atoms with van der Waals surface area (Å²) in [6.45, 7) is 0. The number of carbonyl (C=O) groups is 2. The second-order valence-electron chi connectivity index (χ2n) is 5.05. The minimum atomic E-state index is -0.921. The summed E-state index contributed by atoms with van der Waals surface area (Å²) in [5.41, 5.74) is 1.22. The summed E-state index contributed by atoms with van der Waals surface area (Å²) in [5.74, 6) is 0.236. The minimum Gasteiger partial charge on any atom is -0.478 e. The molecule has 2 rings (SSSR count). The van der Waals surface area contributed by atoms with Crippen molar-refractivity contribution in [2.24, 2.45) is 0 Å². The van der Waals surface area contributed by atoms with Crippen molar-refractivity contribution >= 4 is 23.6 Å². The first-order chi connectivity index (χ1) is 9.65. The molecule has 0 bridgehead atoms. The van der Waals surface area contributed by atoms with Crippen molar-refractivity contribution in [2.75, 3.05) is 5.75 Å². The highest BCUT2D eigenvalue weighted by Gasteiger charge is 2.16. The lowest BCUT2D eigenvalue weighted by Crippen LogP contribution is -2.33. The van der Waals surface area contributed by atoms with E-state index >= 15 is 0 Å². The Morgan fingerprint density at radius 2 is 2.05 bits per heavy atom. The maximum absolute atomic E-state index is 11.7. The highest BCUT2D eigenvalue weighted by atomic mass is 32.2. The Morgan fingerprint density at radius 1 is 1.30 bits per heavy atom. The van der Waals surface area contributed by atoms with Crippen molar-refractivity contribution in [1.82, 2.24) is 5.32 Å². The number of thioether (sulfide) groups is 1. The van der Waals surface area contributed by atoms with Gasteiger partial charge >= 0.3 is 5.97 Å². The van der Waals surface area contributed by atoms with Crippen molar-refractivity contribution in [2.45, 2.75) is 37.5 Å². The lowest BCUT2D eigenvalue weighted by molar-refractivity contribution is -0.119. The van der Waals surface area contributed by atoms with Crippen LogP contribution in [0.5, 0.6) is 0 Å². The number of nitrogens with one attached hydrogen (secondary N) is 1. The predicted octanol–water partition coefficient (Wildman–Crippen LogP) is 2.68. The first kappa shape index (κ1) is 14.9. The highest BCUT2D eigenvalue weighted by molar-refractivity contribution is 7.99. The van der Waals surface area contributed by atoms with Crippen molar-refractivity contribution < 1.29 is 14.7 Å². The Kier molecular flexibility index (Phi) is 5.47. The lowest BCUT2D eigenvalue weighted by atomic mass is 10.1. The Balaban J connectivity index is 1.73. The van der Waals surface area contributed by atoms with Crippen LogP contribution in [0.3, 0.4) is 0 Å². The van der Waals surface area contributed by atoms with Gasteiger partial charge in [0.15, 0.2) is 0 Å². The van der Waals surface area contributed by atoms with Crippen LogP contribution in [0.25, 0.3) is 0 Å². The molecule has 5 heteroatoms. The van der Waals surface area contributed by atoms with E-state index in [-0.39, 0.29) is 5.91 Å². The fraction of sp³-hybridized carbons (Fsp3) is 0.467. The van der Waals surface area contributed by atoms with Gasteiger partial charge in [-0.15, -0.1) is 11.8 Å². The van der Waals surface area contributed by atoms with Crippen molar-refractivity contribution in [3.63, 3.8) is 0 Å². The summed E-state index contributed by atoms with van der Waals surface area (Å²) in [7, 11) is 0. The fourth-order valence-electron chi connectivity index (χ4n) is 2.40. The summed E-state index contributed by atoms with van der Waals surface area (Å²) < 4.78 is 0. The number of amides is 1. The third-order valence-electron chi connectivity index (χ3n) is 3.40. The van der Waals surface area contributed by atoms with Crippen LogP contribution in [0, 0.1) is 0 Å². The topological polar surface area (TPSA) is 66.4 Å². The molecule has 20 heavy (non-hydrogen) atoms. The summed E-state index contributed by atoms with van der Waals surface area (Å²) >= 11 is 1.51. The molecule has 0 aromatic heterocycles. The van der Waals surface area contributed by atoms with E-state index in [9.17, 15) is 9.59 Å². The van der Waals surface area contributed by atoms with E-state index in [1.54, 1.807) is 18.2 Å². The average Bonchev–Trinajstić information content (AvgIpc) is 2.92. The van der Waals surface area contributed by atoms with E-state index in [4.69, 9.17) is 5.11 Å². The van der Waals surface area contributed by atoms with Crippen molar-refractivity contribution in [3.8, 4) is 0 Å². The zero-order valence-corrected chi connectivity index (χ0v) is 12.1. The zero-order valence-electron chi connectivity index (χ0n) is 11.3. The second-order valence-corrected chi connectivity index (χ2v) is 6.03. The molecule has 0 aliphatic heterocycles. The quantitative estimate of drug-likeness (QED) is 0.846. The van der Waals surface area contributed by atoms with Gasteiger partial charge in [-0.05, 0) is 30.5 Å². The first-order valence-electron chi connectivity index (χ1n) is 6.84. The maximum Gasteiger partial charge on any atom is 0.335 e. The number of carboxylic acid groups (broad SMARTS) is 1. The molecule has 1 aromatic carbocycles. The summed E-state index contributed by atoms with van der Waals surface area (Å²) in [4.78, 5) is 22.6. The van der Waals surface area contributed by atoms with Gasteiger partial charge in [0.25, 0.3) is 0 Å². The van der Waals surface area contributed by atoms with Gasteiger partial charge in [-0.2, -0.15) is 0 Å². The van der Waals surface area contributed by atoms with E-state index in [1.165, 1.54) is 24.6 Å². The van der Waals surface area contributed by atoms with Crippen molar-refractivity contribution in [1.29, 1.82) is 0 Å². The fourth-order valence-corrected chi connectivity index (χ4v) is 3.18. The number of hydrogen-bond acceptors (Lipinski definition) is 3. The van der Waals surface area contributed by atoms with Crippen LogP contribution in [-0.2, 0) is 10.5 Å². The molecular formula is C15H19NO3S. The molecule has 4 nitrogen and oxygen atoms in total. The SMILES string of the molecule is O=C(CSCc1cccc(C(=O)O)c1)NC1CCCC1. The Morgan fingerprint density at radius 3 is 2.75 bits per heavy atom. The van der Waals surface area contributed by atoms with Crippen molar-refractivity contribution in [3.05, 3.63) is 35.4 Å². The van der Waals surface area contributed by atoms with E-state index in [2.05, 4.69) is 5.32 Å². The van der Waals surface area contributed by atoms with Gasteiger partial charge in [0.2, 0.25) is 5.91 Å². The van der Waals surface area contributed by atoms with Gasteiger partial charge in [0, 0.05) is 11.8 Å². The molecule has 0 saturated heterocycles. The van der Waals surface area contributed by atoms with Crippen LogP contribution < -0.4 is 5.32 Å². The predicted molar refractivity (Wildman–Crippen MR) is 80.0 cm³/mol. The van der Waals surface area contributed by atoms with Crippen LogP contribution >= 0.6 is 11.8 Å². The molecule has 1 saturated carbocycles. The number of benzene rings is 1. The van der Waals surface area contributed by atoms with E-state index < -0.39 is 5.97 Å². The monoisotopic (exact) mass is 293 g/mol. The smallest absolute Gasteiger partial charge is 0.335 e. The molecule has 0 spiro atoms. The summed E-state index contributed by atoms with van der Waals surface area (Å²) in [5, 5.41) is 12.0. The third kappa shape index (κ3) is 4.56. The summed E-state index contributed by atoms with van der Waals surface area (Å²) in [6, 6.07) is 7.21. The largest absolute Gasteiger partial charge is 0.478 e. The molecular weight excluding hydrogens is 274 g/mol. The standard InChI is InChI=1S/C15H19NO3S/c17-14(16-13-6-1-2-7-13)10-20-9-11-4-3-5-12(8-11)15(18)19/h3-5,8,13H,1-2,6-7,9-10H2,(H,16,17)(H,18,19). The Bertz CT molecular complexity index is 484. The van der Waals surface area contributed by atoms with Gasteiger partial charge in [0.05, 0.1) is 11.3 Å². The molecule has 0 radical (unpaired) electrons. The Hall–Kier alpha value is -1.49. The van der Waals surface area contributed by atoms with Crippen LogP contribution in [0.1, 0.15) is 41.6 Å². The van der Waals surface area contributed by atoms with E-state index in [1.807, 2.05) is 6.07 Å². The normalized spacial score (nSPS) is 15.2. The van der Waals surface area contributed by atoms with Gasteiger partial charge in [-0.25, -0.2) is 4.79 Å². The molecule has 0 heterocycles. The van der Waals surface area contributed by atoms with E-state index in [0.717, 1.165) is 18.4 Å². The molecule has 1 fully saturated rings. The van der Waals surface area contributed by atoms with Crippen LogP contribution in [-0.4, -0.2) is 28.8 Å². The van der Waals surface area contributed by atoms with Gasteiger partial charge in [-0.1, -0.05) is 25.0 Å². The number of carboxylic acids is 1. The maximum atomic E-state index is 11.7. The number of aromatic carboxylic acids is 1. The first-order valence-corrected chi connectivity index (χ1v) is 8.00. The Labute approximate surface area is 123 Å². The molecule has 1 aliphatic rings. The molecule has 0 atom stereocenters. The molecule has 108 valence electrons. The third-order valence-corrected chi connectivity index (χ3v) is 4.40. The van der Waals surface area contributed by atoms with E-state index in [0.29, 0.717) is 23.1 Å². The van der Waals surface area contributed by atoms with Gasteiger partial charge in [0.1, 0.15) is 0 Å². The number of hydrogen-bond donors (Lipinski definition) is 2. The highest BCUT2D eigenvalue weighted by Crippen LogP contribution is 2.18. The molecule has 1 amide bonds. The zero-order chi connectivity index (χ0) is 14.4. The second kappa shape index (κ2) is 7.33. The number of carbonyl (C=O) groups excluding carboxylic acids is 1. The average molecular weight is 293 g/mol. The summed E-state index contributed by atoms with van der Waals surface area (Å²) in [6.07, 6.45) is 4.61. The molecule has 1 aliphatic carbocycles. The molecule has 2 N–H and O–H groups in total. The van der Waals surface area contributed by atoms with Crippen LogP contribution in [0.2, 0.25) is 0 Å².